The predicted molar refractivity (Wildman–Crippen MR) is 471 cm³/mol. The number of ether oxygens (including phenoxy) is 2. The fourth-order valence-corrected chi connectivity index (χ4v) is 22.9. The minimum Gasteiger partial charge on any atom is -0.404 e. The fraction of sp³-hybridized carbons (Fsp3) is 0.566. The van der Waals surface area contributed by atoms with Gasteiger partial charge in [0.25, 0.3) is 0 Å². The topological polar surface area (TPSA) is 164 Å². The van der Waals surface area contributed by atoms with E-state index in [1.165, 1.54) is 103 Å². The van der Waals surface area contributed by atoms with Gasteiger partial charge in [0.1, 0.15) is 17.4 Å². The predicted octanol–water partition coefficient (Wildman–Crippen LogP) is 17.1. The summed E-state index contributed by atoms with van der Waals surface area (Å²) in [4.78, 5) is 92.6. The first kappa shape index (κ1) is 85.1. The quantitative estimate of drug-likeness (QED) is 0.0526. The van der Waals surface area contributed by atoms with Crippen molar-refractivity contribution in [1.29, 1.82) is 0 Å². The molecule has 0 bridgehead atoms. The summed E-state index contributed by atoms with van der Waals surface area (Å²) < 4.78 is 75.1. The lowest BCUT2D eigenvalue weighted by atomic mass is 9.58. The van der Waals surface area contributed by atoms with Gasteiger partial charge in [0.05, 0.1) is 114 Å². The van der Waals surface area contributed by atoms with Crippen molar-refractivity contribution in [1.82, 2.24) is 59.1 Å². The Labute approximate surface area is 732 Å². The third-order valence-corrected chi connectivity index (χ3v) is 31.2. The first-order chi connectivity index (χ1) is 59.8. The van der Waals surface area contributed by atoms with Gasteiger partial charge in [0.15, 0.2) is 5.67 Å². The van der Waals surface area contributed by atoms with Crippen LogP contribution in [0.1, 0.15) is 179 Å². The number of aromatic nitrogens is 3. The highest BCUT2D eigenvalue weighted by molar-refractivity contribution is 5.97. The molecule has 15 fully saturated rings. The Morgan fingerprint density at radius 1 is 0.424 bits per heavy atom. The summed E-state index contributed by atoms with van der Waals surface area (Å²) in [6.07, 6.45) is 21.7. The molecule has 0 radical (unpaired) electrons. The molecule has 5 aliphatic heterocycles. The number of pyridine rings is 3. The van der Waals surface area contributed by atoms with E-state index in [9.17, 15) is 41.1 Å². The Bertz CT molecular complexity index is 5110. The molecule has 0 N–H and O–H groups in total. The lowest BCUT2D eigenvalue weighted by Gasteiger charge is -2.60. The number of carbonyl (C=O) groups is 4. The molecule has 7 aromatic rings. The average Bonchev–Trinajstić information content (AvgIpc) is 1.62. The van der Waals surface area contributed by atoms with Crippen LogP contribution >= 0.6 is 0 Å². The molecule has 4 spiro atoms. The van der Waals surface area contributed by atoms with Crippen LogP contribution in [0, 0.1) is 36.4 Å². The number of hydrogen-bond acceptors (Lipinski definition) is 13. The van der Waals surface area contributed by atoms with Crippen LogP contribution < -0.4 is 19.4 Å². The van der Waals surface area contributed by atoms with Crippen LogP contribution in [0.3, 0.4) is 0 Å². The molecule has 21 nitrogen and oxygen atoms in total. The molecule has 10 aliphatic carbocycles. The van der Waals surface area contributed by atoms with Gasteiger partial charge in [-0.15, -0.1) is 13.2 Å². The fourth-order valence-electron chi connectivity index (χ4n) is 22.9. The standard InChI is InChI=1S/C27H34N4O.C26H32N4O.C24H27F3N4O2.C22H29F2N3O2/c1-19-13-23(21-11-12-21)28-14-24(19)30-18-26(31(25(30)32)15-20-9-10-20)16-27(17-26,29(2)3)22-7-5-4-6-8-22;1-28(2)26(21-6-4-3-5-7-21)16-25(17-26)18-29(24(31)30(25)15-19-8-9-19)22-12-13-23(27-14-22)20-10-11-20;1-29(2)23(18-6-4-3-5-7-18)14-22(15-23)16-30(21(32)31(22)13-17-8-9-17)20-11-10-19(12-28-20)33-24(25,26)27;1-25(2)22(17-4-3-5-18(23)8-17)10-21(11-22)13-26(12-20(24)14-29-15-20)19(28)27(21)9-16-6-7-16/h4-8,13-14,20-21H,9-12,15-18H2,1-3H3;3-7,12-14,19-20H,8-11,15-18H2,1-2H3;3-7,10-12,17H,8-9,13-16H2,1-2H3;3-5,8,16H,6-7,9-15H2,1-2H3. The second kappa shape index (κ2) is 31.8. The number of hydrogen-bond donors (Lipinski definition) is 0. The van der Waals surface area contributed by atoms with Crippen molar-refractivity contribution in [2.75, 3.05) is 143 Å². The Hall–Kier alpha value is -9.34. The van der Waals surface area contributed by atoms with Crippen molar-refractivity contribution in [3.05, 3.63) is 209 Å². The summed E-state index contributed by atoms with van der Waals surface area (Å²) in [6.45, 7) is 8.18. The second-order valence-corrected chi connectivity index (χ2v) is 41.0. The maximum atomic E-state index is 14.7. The molecule has 3 aromatic heterocycles. The molecule has 8 heterocycles. The van der Waals surface area contributed by atoms with Crippen molar-refractivity contribution in [2.45, 2.75) is 204 Å². The molecule has 4 aromatic carbocycles. The van der Waals surface area contributed by atoms with Gasteiger partial charge in [-0.25, -0.2) is 32.9 Å². The van der Waals surface area contributed by atoms with Crippen molar-refractivity contribution >= 4 is 41.3 Å². The van der Waals surface area contributed by atoms with Gasteiger partial charge in [-0.1, -0.05) is 103 Å². The molecule has 5 saturated heterocycles. The molecule has 125 heavy (non-hydrogen) atoms. The van der Waals surface area contributed by atoms with E-state index in [4.69, 9.17) is 14.7 Å². The first-order valence-corrected chi connectivity index (χ1v) is 45.7. The zero-order chi connectivity index (χ0) is 87.2. The van der Waals surface area contributed by atoms with Crippen LogP contribution in [-0.2, 0) is 26.9 Å². The molecular formula is C99H122F5N15O6. The molecular weight excluding hydrogens is 1590 g/mol. The van der Waals surface area contributed by atoms with Crippen molar-refractivity contribution < 1.29 is 50.6 Å². The second-order valence-electron chi connectivity index (χ2n) is 41.0. The zero-order valence-corrected chi connectivity index (χ0v) is 74.0. The number of benzene rings is 4. The monoisotopic (exact) mass is 1710 g/mol. The molecule has 0 unspecified atom stereocenters. The number of carbonyl (C=O) groups excluding carboxylic acids is 4. The van der Waals surface area contributed by atoms with Crippen LogP contribution in [-0.4, -0.2) is 246 Å². The van der Waals surface area contributed by atoms with Crippen molar-refractivity contribution in [3.63, 3.8) is 0 Å². The van der Waals surface area contributed by atoms with E-state index in [1.807, 2.05) is 70.4 Å². The number of amides is 8. The largest absolute Gasteiger partial charge is 0.573 e. The Balaban J connectivity index is 0.000000109. The molecule has 8 amide bonds. The number of urea groups is 4. The normalized spacial score (nSPS) is 30.1. The van der Waals surface area contributed by atoms with E-state index in [-0.39, 0.29) is 94.0 Å². The highest BCUT2D eigenvalue weighted by atomic mass is 19.4. The lowest BCUT2D eigenvalue weighted by molar-refractivity contribution is -0.274. The van der Waals surface area contributed by atoms with Crippen LogP contribution in [0.15, 0.2) is 164 Å². The number of nitrogens with zero attached hydrogens (tertiary/aromatic N) is 15. The number of anilines is 3. The van der Waals surface area contributed by atoms with E-state index in [1.54, 1.807) is 21.9 Å². The van der Waals surface area contributed by atoms with Gasteiger partial charge in [0.2, 0.25) is 0 Å². The summed E-state index contributed by atoms with van der Waals surface area (Å²) in [5, 5.41) is 0. The van der Waals surface area contributed by atoms with E-state index >= 15 is 0 Å². The maximum absolute atomic E-state index is 14.7. The van der Waals surface area contributed by atoms with Gasteiger partial charge in [0, 0.05) is 55.9 Å². The highest BCUT2D eigenvalue weighted by Crippen LogP contribution is 2.63. The molecule has 15 aliphatic rings. The minimum absolute atomic E-state index is 0.00652. The molecule has 22 rings (SSSR count). The van der Waals surface area contributed by atoms with Gasteiger partial charge >= 0.3 is 30.5 Å². The smallest absolute Gasteiger partial charge is 0.404 e. The van der Waals surface area contributed by atoms with Crippen LogP contribution in [0.5, 0.6) is 5.75 Å². The minimum atomic E-state index is -4.78. The third-order valence-electron chi connectivity index (χ3n) is 31.2. The van der Waals surface area contributed by atoms with Gasteiger partial charge in [-0.05, 0) is 286 Å². The van der Waals surface area contributed by atoms with Gasteiger partial charge in [-0.2, -0.15) is 0 Å². The van der Waals surface area contributed by atoms with E-state index in [2.05, 4.69) is 179 Å². The number of aryl methyl sites for hydroxylation is 1. The van der Waals surface area contributed by atoms with Gasteiger partial charge < -0.3 is 34.0 Å². The zero-order valence-electron chi connectivity index (χ0n) is 74.0. The SMILES string of the molecule is CN(C)C1(c2cccc(F)c2)CC2(CN(CC3(F)COC3)C(=O)N2CC2CC2)C1.CN(C)C1(c2ccccc2)CC2(CN(c3ccc(C4CC4)nc3)C(=O)N2CC2CC2)C1.CN(C)C1(c2ccccc2)CC2(CN(c3ccc(OC(F)(F)F)cn3)C(=O)N2CC2CC2)C1.Cc1cc(C2CC2)ncc1N1CC2(CC(c3ccccc3)(N(C)C)C2)N(CC2CC2)C1=O. The highest BCUT2D eigenvalue weighted by Gasteiger charge is 2.70. The number of alkyl halides is 4. The number of halogens is 5. The van der Waals surface area contributed by atoms with E-state index < -0.39 is 17.8 Å². The maximum Gasteiger partial charge on any atom is 0.573 e. The summed E-state index contributed by atoms with van der Waals surface area (Å²) in [6, 6.07) is 48.1. The van der Waals surface area contributed by atoms with Crippen LogP contribution in [0.25, 0.3) is 0 Å². The van der Waals surface area contributed by atoms with Crippen molar-refractivity contribution in [2.24, 2.45) is 23.7 Å². The molecule has 664 valence electrons. The summed E-state index contributed by atoms with van der Waals surface area (Å²) >= 11 is 0. The summed E-state index contributed by atoms with van der Waals surface area (Å²) in [7, 11) is 16.9. The van der Waals surface area contributed by atoms with Crippen LogP contribution in [0.4, 0.5) is 58.3 Å². The van der Waals surface area contributed by atoms with E-state index in [0.717, 1.165) is 133 Å². The van der Waals surface area contributed by atoms with Crippen molar-refractivity contribution in [3.8, 4) is 5.75 Å². The average molecular weight is 1710 g/mol. The number of rotatable bonds is 24. The lowest BCUT2D eigenvalue weighted by Crippen LogP contribution is -2.67. The molecule has 0 atom stereocenters. The van der Waals surface area contributed by atoms with Crippen LogP contribution in [0.2, 0.25) is 0 Å². The van der Waals surface area contributed by atoms with E-state index in [0.29, 0.717) is 61.0 Å². The Morgan fingerprint density at radius 3 is 1.21 bits per heavy atom. The first-order valence-electron chi connectivity index (χ1n) is 45.7. The molecule has 26 heteroatoms. The molecule has 10 saturated carbocycles. The Kier molecular flexibility index (Phi) is 21.7. The third kappa shape index (κ3) is 16.0. The summed E-state index contributed by atoms with van der Waals surface area (Å²) in [5.41, 5.74) is 7.66. The van der Waals surface area contributed by atoms with Gasteiger partial charge in [-0.3, -0.25) is 44.3 Å². The Morgan fingerprint density at radius 2 is 0.824 bits per heavy atom. The summed E-state index contributed by atoms with van der Waals surface area (Å²) in [5.74, 6) is 3.41.